The molecular weight excluding hydrogens is 473 g/mol. The summed E-state index contributed by atoms with van der Waals surface area (Å²) < 4.78 is 0. The molecule has 6 aromatic carbocycles. The Hall–Kier alpha value is -3.60. The first-order valence-electron chi connectivity index (χ1n) is 12.3. The lowest BCUT2D eigenvalue weighted by atomic mass is 9.34. The quantitative estimate of drug-likeness (QED) is 0.176. The van der Waals surface area contributed by atoms with Crippen LogP contribution in [0.2, 0.25) is 0 Å². The van der Waals surface area contributed by atoms with Gasteiger partial charge in [0, 0.05) is 41.7 Å². The fourth-order valence-electron chi connectivity index (χ4n) is 6.47. The summed E-state index contributed by atoms with van der Waals surface area (Å²) >= 11 is 3.86. The SMILES string of the molecule is c1cc2c3c(c1)Sc1cccc4c1B3c1c(cccc1N4c1c3ccccc3cc3ccccc13)S2. The molecule has 166 valence electrons. The summed E-state index contributed by atoms with van der Waals surface area (Å²) in [6.45, 7) is 0.286. The van der Waals surface area contributed by atoms with E-state index in [0.717, 1.165) is 0 Å². The Morgan fingerprint density at radius 2 is 0.944 bits per heavy atom. The summed E-state index contributed by atoms with van der Waals surface area (Å²) in [6.07, 6.45) is 0. The van der Waals surface area contributed by atoms with Crippen molar-refractivity contribution in [3.63, 3.8) is 0 Å². The second kappa shape index (κ2) is 7.00. The van der Waals surface area contributed by atoms with Crippen LogP contribution in [0.3, 0.4) is 0 Å². The van der Waals surface area contributed by atoms with E-state index in [2.05, 4.69) is 114 Å². The molecule has 4 heteroatoms. The Kier molecular flexibility index (Phi) is 3.81. The molecule has 0 radical (unpaired) electrons. The molecule has 0 N–H and O–H groups in total. The van der Waals surface area contributed by atoms with Gasteiger partial charge >= 0.3 is 0 Å². The fraction of sp³-hybridized carbons (Fsp3) is 0. The van der Waals surface area contributed by atoms with Crippen molar-refractivity contribution in [2.45, 2.75) is 19.6 Å². The maximum Gasteiger partial charge on any atom is 0.252 e. The zero-order valence-electron chi connectivity index (χ0n) is 19.2. The number of nitrogens with zero attached hydrogens (tertiary/aromatic N) is 1. The standard InChI is InChI=1S/C32H18BNS2/c1-3-10-21-19(8-1)18-20-9-2-4-11-22(20)32(21)34-23-12-5-14-25-29(23)33-30-24(34)13-6-15-26(30)36-28-17-7-16-27(35-25)31(28)33/h1-18H. The smallest absolute Gasteiger partial charge is 0.252 e. The van der Waals surface area contributed by atoms with E-state index >= 15 is 0 Å². The summed E-state index contributed by atoms with van der Waals surface area (Å²) in [4.78, 5) is 8.13. The highest BCUT2D eigenvalue weighted by molar-refractivity contribution is 8.01. The maximum atomic E-state index is 2.57. The van der Waals surface area contributed by atoms with Gasteiger partial charge in [-0.05, 0) is 69.6 Å². The van der Waals surface area contributed by atoms with Crippen LogP contribution in [-0.4, -0.2) is 6.71 Å². The Bertz CT molecular complexity index is 1800. The third kappa shape index (κ3) is 2.41. The van der Waals surface area contributed by atoms with Crippen molar-refractivity contribution in [2.75, 3.05) is 4.90 Å². The van der Waals surface area contributed by atoms with Gasteiger partial charge in [-0.1, -0.05) is 90.3 Å². The van der Waals surface area contributed by atoms with Crippen molar-refractivity contribution in [3.05, 3.63) is 109 Å². The van der Waals surface area contributed by atoms with E-state index in [4.69, 9.17) is 0 Å². The second-order valence-corrected chi connectivity index (χ2v) is 11.9. The number of hydrogen-bond acceptors (Lipinski definition) is 3. The fourth-order valence-corrected chi connectivity index (χ4v) is 8.94. The molecule has 0 atom stereocenters. The molecule has 0 fully saturated rings. The third-order valence-corrected chi connectivity index (χ3v) is 10.2. The molecule has 0 bridgehead atoms. The minimum absolute atomic E-state index is 0.286. The van der Waals surface area contributed by atoms with Crippen LogP contribution in [-0.2, 0) is 0 Å². The van der Waals surface area contributed by atoms with E-state index in [0.29, 0.717) is 0 Å². The highest BCUT2D eigenvalue weighted by atomic mass is 32.2. The lowest BCUT2D eigenvalue weighted by molar-refractivity contribution is 1.25. The Morgan fingerprint density at radius 3 is 1.50 bits per heavy atom. The number of anilines is 3. The summed E-state index contributed by atoms with van der Waals surface area (Å²) in [7, 11) is 0. The van der Waals surface area contributed by atoms with E-state index in [1.165, 1.54) is 74.6 Å². The van der Waals surface area contributed by atoms with Gasteiger partial charge in [0.1, 0.15) is 0 Å². The molecule has 36 heavy (non-hydrogen) atoms. The Morgan fingerprint density at radius 1 is 0.472 bits per heavy atom. The van der Waals surface area contributed by atoms with Crippen molar-refractivity contribution >= 4 is 85.2 Å². The highest BCUT2D eigenvalue weighted by Crippen LogP contribution is 2.49. The summed E-state index contributed by atoms with van der Waals surface area (Å²) in [5.74, 6) is 0. The van der Waals surface area contributed by atoms with Crippen LogP contribution in [0, 0.1) is 0 Å². The third-order valence-electron chi connectivity index (χ3n) is 7.87. The summed E-state index contributed by atoms with van der Waals surface area (Å²) in [5.41, 5.74) is 8.31. The van der Waals surface area contributed by atoms with Gasteiger partial charge < -0.3 is 4.90 Å². The normalized spacial score (nSPS) is 14.3. The van der Waals surface area contributed by atoms with Crippen LogP contribution in [0.15, 0.2) is 129 Å². The van der Waals surface area contributed by atoms with Gasteiger partial charge in [-0.25, -0.2) is 0 Å². The van der Waals surface area contributed by atoms with E-state index in [1.807, 2.05) is 23.5 Å². The molecular formula is C32H18BNS2. The Balaban J connectivity index is 1.46. The van der Waals surface area contributed by atoms with Crippen molar-refractivity contribution in [2.24, 2.45) is 0 Å². The molecule has 0 saturated carbocycles. The van der Waals surface area contributed by atoms with E-state index in [-0.39, 0.29) is 6.71 Å². The van der Waals surface area contributed by atoms with Gasteiger partial charge in [0.05, 0.1) is 5.69 Å². The second-order valence-electron chi connectivity index (χ2n) is 9.69. The van der Waals surface area contributed by atoms with Gasteiger partial charge in [-0.15, -0.1) is 0 Å². The molecule has 0 spiro atoms. The van der Waals surface area contributed by atoms with Crippen molar-refractivity contribution in [3.8, 4) is 0 Å². The zero-order valence-corrected chi connectivity index (χ0v) is 20.9. The highest BCUT2D eigenvalue weighted by Gasteiger charge is 2.45. The lowest BCUT2D eigenvalue weighted by Gasteiger charge is -2.43. The van der Waals surface area contributed by atoms with Gasteiger partial charge in [0.25, 0.3) is 6.71 Å². The molecule has 0 unspecified atom stereocenters. The number of rotatable bonds is 1. The molecule has 0 amide bonds. The van der Waals surface area contributed by atoms with Gasteiger partial charge in [-0.3, -0.25) is 0 Å². The first-order chi connectivity index (χ1) is 17.9. The van der Waals surface area contributed by atoms with Crippen molar-refractivity contribution in [1.82, 2.24) is 0 Å². The largest absolute Gasteiger partial charge is 0.310 e. The van der Waals surface area contributed by atoms with E-state index < -0.39 is 0 Å². The molecule has 0 aromatic heterocycles. The topological polar surface area (TPSA) is 3.24 Å². The van der Waals surface area contributed by atoms with Crippen molar-refractivity contribution in [1.29, 1.82) is 0 Å². The van der Waals surface area contributed by atoms with Crippen LogP contribution >= 0.6 is 23.5 Å². The molecule has 1 nitrogen and oxygen atoms in total. The van der Waals surface area contributed by atoms with Crippen molar-refractivity contribution < 1.29 is 0 Å². The predicted octanol–water partition coefficient (Wildman–Crippen LogP) is 7.22. The number of hydrogen-bond donors (Lipinski definition) is 0. The first-order valence-corrected chi connectivity index (χ1v) is 14.0. The number of fused-ring (bicyclic) bond motifs is 2. The molecule has 0 saturated heterocycles. The van der Waals surface area contributed by atoms with Crippen LogP contribution in [0.5, 0.6) is 0 Å². The lowest BCUT2D eigenvalue weighted by Crippen LogP contribution is -2.62. The zero-order chi connectivity index (χ0) is 23.4. The molecule has 3 heterocycles. The predicted molar refractivity (Wildman–Crippen MR) is 155 cm³/mol. The van der Waals surface area contributed by atoms with Crippen LogP contribution < -0.4 is 21.3 Å². The van der Waals surface area contributed by atoms with Gasteiger partial charge in [0.2, 0.25) is 0 Å². The molecule has 9 rings (SSSR count). The first kappa shape index (κ1) is 19.6. The number of benzene rings is 6. The van der Waals surface area contributed by atoms with Gasteiger partial charge in [-0.2, -0.15) is 0 Å². The van der Waals surface area contributed by atoms with E-state index in [9.17, 15) is 0 Å². The van der Waals surface area contributed by atoms with Crippen LogP contribution in [0.1, 0.15) is 0 Å². The average Bonchev–Trinajstić information content (AvgIpc) is 2.92. The van der Waals surface area contributed by atoms with Crippen LogP contribution in [0.25, 0.3) is 21.5 Å². The van der Waals surface area contributed by atoms with E-state index in [1.54, 1.807) is 0 Å². The summed E-state index contributed by atoms with van der Waals surface area (Å²) in [5, 5.41) is 5.13. The minimum Gasteiger partial charge on any atom is -0.310 e. The molecule has 0 aliphatic carbocycles. The summed E-state index contributed by atoms with van der Waals surface area (Å²) in [6, 6.07) is 40.6. The molecule has 6 aromatic rings. The molecule has 3 aliphatic rings. The minimum atomic E-state index is 0.286. The Labute approximate surface area is 218 Å². The van der Waals surface area contributed by atoms with Crippen LogP contribution in [0.4, 0.5) is 17.1 Å². The van der Waals surface area contributed by atoms with Gasteiger partial charge in [0.15, 0.2) is 0 Å². The average molecular weight is 491 g/mol. The maximum absolute atomic E-state index is 2.57. The molecule has 3 aliphatic heterocycles. The monoisotopic (exact) mass is 491 g/mol.